The number of hydrogen-bond donors (Lipinski definition) is 1. The van der Waals surface area contributed by atoms with Crippen molar-refractivity contribution in [2.45, 2.75) is 38.6 Å². The summed E-state index contributed by atoms with van der Waals surface area (Å²) in [5.74, 6) is 0. The summed E-state index contributed by atoms with van der Waals surface area (Å²) in [6, 6.07) is 5.95. The third-order valence-electron chi connectivity index (χ3n) is 3.53. The van der Waals surface area contributed by atoms with Crippen LogP contribution >= 0.6 is 23.2 Å². The molecule has 1 aliphatic heterocycles. The van der Waals surface area contributed by atoms with Gasteiger partial charge in [0.1, 0.15) is 6.54 Å². The minimum atomic E-state index is 0.676. The van der Waals surface area contributed by atoms with Crippen LogP contribution in [0.1, 0.15) is 37.7 Å². The van der Waals surface area contributed by atoms with Crippen molar-refractivity contribution >= 4 is 23.2 Å². The summed E-state index contributed by atoms with van der Waals surface area (Å²) in [5.41, 5.74) is 1.19. The smallest absolute Gasteiger partial charge is 0.104 e. The number of quaternary nitrogens is 1. The van der Waals surface area contributed by atoms with E-state index in [0.29, 0.717) is 5.02 Å². The predicted octanol–water partition coefficient (Wildman–Crippen LogP) is 3.34. The summed E-state index contributed by atoms with van der Waals surface area (Å²) in [5, 5.41) is 1.42. The molecule has 0 aromatic heterocycles. The van der Waals surface area contributed by atoms with E-state index < -0.39 is 0 Å². The van der Waals surface area contributed by atoms with Crippen molar-refractivity contribution in [3.8, 4) is 0 Å². The average molecular weight is 273 g/mol. The van der Waals surface area contributed by atoms with Crippen LogP contribution in [0, 0.1) is 0 Å². The lowest BCUT2D eigenvalue weighted by molar-refractivity contribution is -0.914. The second-order valence-electron chi connectivity index (χ2n) is 4.91. The van der Waals surface area contributed by atoms with Crippen molar-refractivity contribution in [2.24, 2.45) is 0 Å². The minimum absolute atomic E-state index is 0.676. The highest BCUT2D eigenvalue weighted by Gasteiger charge is 2.14. The van der Waals surface area contributed by atoms with Gasteiger partial charge in [0.05, 0.1) is 23.1 Å². The Balaban J connectivity index is 2.00. The minimum Gasteiger partial charge on any atom is -0.331 e. The summed E-state index contributed by atoms with van der Waals surface area (Å²) >= 11 is 12.3. The Morgan fingerprint density at radius 1 is 0.941 bits per heavy atom. The summed E-state index contributed by atoms with van der Waals surface area (Å²) in [4.78, 5) is 1.65. The number of benzene rings is 1. The van der Waals surface area contributed by atoms with Crippen LogP contribution in [0.3, 0.4) is 0 Å². The molecule has 0 aliphatic carbocycles. The van der Waals surface area contributed by atoms with Crippen molar-refractivity contribution in [3.63, 3.8) is 0 Å². The van der Waals surface area contributed by atoms with E-state index in [1.807, 2.05) is 12.1 Å². The van der Waals surface area contributed by atoms with E-state index in [2.05, 4.69) is 6.07 Å². The van der Waals surface area contributed by atoms with Crippen LogP contribution in [0.15, 0.2) is 18.2 Å². The second kappa shape index (κ2) is 6.63. The molecule has 0 saturated carbocycles. The van der Waals surface area contributed by atoms with Gasteiger partial charge in [-0.05, 0) is 31.7 Å². The number of halogens is 2. The fraction of sp³-hybridized carbons (Fsp3) is 0.571. The van der Waals surface area contributed by atoms with E-state index >= 15 is 0 Å². The molecule has 1 nitrogen and oxygen atoms in total. The van der Waals surface area contributed by atoms with E-state index in [-0.39, 0.29) is 0 Å². The normalized spacial score (nSPS) is 18.7. The van der Waals surface area contributed by atoms with E-state index in [9.17, 15) is 0 Å². The van der Waals surface area contributed by atoms with Crippen molar-refractivity contribution in [3.05, 3.63) is 33.8 Å². The average Bonchev–Trinajstić information content (AvgIpc) is 2.28. The van der Waals surface area contributed by atoms with E-state index in [1.54, 1.807) is 4.90 Å². The summed E-state index contributed by atoms with van der Waals surface area (Å²) in [6.07, 6.45) is 6.85. The largest absolute Gasteiger partial charge is 0.331 e. The number of hydrogen-bond acceptors (Lipinski definition) is 0. The van der Waals surface area contributed by atoms with Crippen LogP contribution in [0.5, 0.6) is 0 Å². The second-order valence-corrected chi connectivity index (χ2v) is 5.69. The zero-order chi connectivity index (χ0) is 12.1. The van der Waals surface area contributed by atoms with E-state index in [4.69, 9.17) is 23.2 Å². The van der Waals surface area contributed by atoms with Gasteiger partial charge in [-0.25, -0.2) is 0 Å². The summed E-state index contributed by atoms with van der Waals surface area (Å²) in [6.45, 7) is 3.55. The molecular weight excluding hydrogens is 253 g/mol. The van der Waals surface area contributed by atoms with Gasteiger partial charge < -0.3 is 4.90 Å². The molecule has 0 amide bonds. The molecule has 1 N–H and O–H groups in total. The van der Waals surface area contributed by atoms with E-state index in [1.165, 1.54) is 50.8 Å². The predicted molar refractivity (Wildman–Crippen MR) is 73.9 cm³/mol. The lowest BCUT2D eigenvalue weighted by Crippen LogP contribution is -3.10. The van der Waals surface area contributed by atoms with Crippen LogP contribution in [0.25, 0.3) is 0 Å². The Labute approximate surface area is 114 Å². The van der Waals surface area contributed by atoms with Gasteiger partial charge in [-0.15, -0.1) is 0 Å². The Morgan fingerprint density at radius 2 is 1.59 bits per heavy atom. The van der Waals surface area contributed by atoms with Crippen molar-refractivity contribution in [2.75, 3.05) is 13.1 Å². The number of nitrogens with one attached hydrogen (secondary N) is 1. The first-order valence-electron chi connectivity index (χ1n) is 6.54. The molecule has 1 saturated heterocycles. The molecule has 0 spiro atoms. The SMILES string of the molecule is Clc1cccc(C[NH+]2CCCCCCC2)c1Cl. The third kappa shape index (κ3) is 3.87. The third-order valence-corrected chi connectivity index (χ3v) is 4.39. The highest BCUT2D eigenvalue weighted by Crippen LogP contribution is 2.24. The maximum absolute atomic E-state index is 6.24. The summed E-state index contributed by atoms with van der Waals surface area (Å²) < 4.78 is 0. The molecule has 1 aromatic rings. The molecule has 1 aliphatic rings. The monoisotopic (exact) mass is 272 g/mol. The lowest BCUT2D eigenvalue weighted by atomic mass is 10.1. The molecule has 3 heteroatoms. The van der Waals surface area contributed by atoms with Gasteiger partial charge in [0, 0.05) is 5.56 Å². The molecule has 2 rings (SSSR count). The van der Waals surface area contributed by atoms with E-state index in [0.717, 1.165) is 11.6 Å². The molecular formula is C14H20Cl2N+. The molecule has 17 heavy (non-hydrogen) atoms. The number of rotatable bonds is 2. The molecule has 0 radical (unpaired) electrons. The fourth-order valence-electron chi connectivity index (χ4n) is 2.54. The van der Waals surface area contributed by atoms with Crippen molar-refractivity contribution < 1.29 is 4.90 Å². The zero-order valence-corrected chi connectivity index (χ0v) is 11.7. The van der Waals surface area contributed by atoms with Crippen molar-refractivity contribution in [1.82, 2.24) is 0 Å². The molecule has 1 fully saturated rings. The fourth-order valence-corrected chi connectivity index (χ4v) is 2.92. The van der Waals surface area contributed by atoms with Crippen LogP contribution in [-0.2, 0) is 6.54 Å². The van der Waals surface area contributed by atoms with Crippen molar-refractivity contribution in [1.29, 1.82) is 0 Å². The van der Waals surface area contributed by atoms with Gasteiger partial charge >= 0.3 is 0 Å². The maximum atomic E-state index is 6.24. The first-order chi connectivity index (χ1) is 8.27. The molecule has 0 unspecified atom stereocenters. The highest BCUT2D eigenvalue weighted by atomic mass is 35.5. The van der Waals surface area contributed by atoms with Crippen LogP contribution in [-0.4, -0.2) is 13.1 Å². The Bertz CT molecular complexity index is 357. The van der Waals surface area contributed by atoms with Gasteiger partial charge in [-0.2, -0.15) is 0 Å². The molecule has 1 aromatic carbocycles. The maximum Gasteiger partial charge on any atom is 0.104 e. The van der Waals surface area contributed by atoms with Gasteiger partial charge in [0.2, 0.25) is 0 Å². The molecule has 0 bridgehead atoms. The Morgan fingerprint density at radius 3 is 2.29 bits per heavy atom. The Hall–Kier alpha value is -0.240. The number of likely N-dealkylation sites (tertiary alicyclic amines) is 1. The van der Waals surface area contributed by atoms with Gasteiger partial charge in [-0.1, -0.05) is 41.8 Å². The Kier molecular flexibility index (Phi) is 5.15. The first kappa shape index (κ1) is 13.2. The first-order valence-corrected chi connectivity index (χ1v) is 7.29. The zero-order valence-electron chi connectivity index (χ0n) is 10.1. The summed E-state index contributed by atoms with van der Waals surface area (Å²) in [7, 11) is 0. The molecule has 1 heterocycles. The van der Waals surface area contributed by atoms with Crippen LogP contribution < -0.4 is 4.90 Å². The van der Waals surface area contributed by atoms with Crippen LogP contribution in [0.4, 0.5) is 0 Å². The highest BCUT2D eigenvalue weighted by molar-refractivity contribution is 6.42. The van der Waals surface area contributed by atoms with Gasteiger partial charge in [0.15, 0.2) is 0 Å². The van der Waals surface area contributed by atoms with Gasteiger partial charge in [-0.3, -0.25) is 0 Å². The molecule has 0 atom stereocenters. The standard InChI is InChI=1S/C14H19Cl2N/c15-13-8-6-7-12(14(13)16)11-17-9-4-2-1-3-5-10-17/h6-8H,1-5,9-11H2/p+1. The topological polar surface area (TPSA) is 4.44 Å². The quantitative estimate of drug-likeness (QED) is 0.843. The molecule has 94 valence electrons. The van der Waals surface area contributed by atoms with Gasteiger partial charge in [0.25, 0.3) is 0 Å². The van der Waals surface area contributed by atoms with Crippen LogP contribution in [0.2, 0.25) is 10.0 Å². The lowest BCUT2D eigenvalue weighted by Gasteiger charge is -2.22.